The van der Waals surface area contributed by atoms with E-state index in [-0.39, 0.29) is 0 Å². The van der Waals surface area contributed by atoms with E-state index in [1.807, 2.05) is 18.2 Å². The van der Waals surface area contributed by atoms with Crippen molar-refractivity contribution in [1.29, 1.82) is 0 Å². The average molecular weight is 273 g/mol. The van der Waals surface area contributed by atoms with Crippen molar-refractivity contribution in [3.05, 3.63) is 24.0 Å². The predicted octanol–water partition coefficient (Wildman–Crippen LogP) is 1.67. The van der Waals surface area contributed by atoms with Gasteiger partial charge in [0.15, 0.2) is 0 Å². The maximum absolute atomic E-state index is 5.79. The Morgan fingerprint density at radius 2 is 2.15 bits per heavy atom. The molecule has 3 N–H and O–H groups in total. The first-order valence-electron chi connectivity index (χ1n) is 7.36. The van der Waals surface area contributed by atoms with Crippen LogP contribution in [0.5, 0.6) is 0 Å². The van der Waals surface area contributed by atoms with Crippen LogP contribution in [-0.4, -0.2) is 53.0 Å². The summed E-state index contributed by atoms with van der Waals surface area (Å²) in [5.74, 6) is 1.01. The molecule has 0 unspecified atom stereocenters. The van der Waals surface area contributed by atoms with Gasteiger partial charge in [0.1, 0.15) is 5.82 Å². The summed E-state index contributed by atoms with van der Waals surface area (Å²) >= 11 is 0. The van der Waals surface area contributed by atoms with E-state index >= 15 is 0 Å². The van der Waals surface area contributed by atoms with Gasteiger partial charge in [0.2, 0.25) is 0 Å². The first-order chi connectivity index (χ1) is 9.70. The lowest BCUT2D eigenvalue weighted by Gasteiger charge is -2.20. The molecule has 0 bridgehead atoms. The van der Waals surface area contributed by atoms with E-state index in [0.717, 1.165) is 42.2 Å². The molecule has 0 atom stereocenters. The van der Waals surface area contributed by atoms with Crippen LogP contribution in [0.4, 0.5) is 5.69 Å². The Bertz CT molecular complexity index is 571. The number of nitrogens with zero attached hydrogens (tertiary/aromatic N) is 3. The molecule has 5 nitrogen and oxygen atoms in total. The third-order valence-electron chi connectivity index (χ3n) is 3.97. The SMILES string of the molecule is CN(CCN1CCCC1)Cc1nc2ccc(N)cc2[nH]1. The first-order valence-corrected chi connectivity index (χ1v) is 7.36. The molecule has 0 aliphatic carbocycles. The molecule has 108 valence electrons. The minimum Gasteiger partial charge on any atom is -0.399 e. The van der Waals surface area contributed by atoms with Crippen molar-refractivity contribution in [3.63, 3.8) is 0 Å². The molecule has 5 heteroatoms. The molecule has 1 aliphatic heterocycles. The highest BCUT2D eigenvalue weighted by Gasteiger charge is 2.12. The molecular formula is C15H23N5. The average Bonchev–Trinajstić information content (AvgIpc) is 3.04. The Morgan fingerprint density at radius 3 is 2.95 bits per heavy atom. The van der Waals surface area contributed by atoms with Crippen LogP contribution in [-0.2, 0) is 6.54 Å². The maximum atomic E-state index is 5.79. The number of imidazole rings is 1. The number of rotatable bonds is 5. The van der Waals surface area contributed by atoms with Crippen LogP contribution in [0.2, 0.25) is 0 Å². The predicted molar refractivity (Wildman–Crippen MR) is 82.5 cm³/mol. The molecule has 20 heavy (non-hydrogen) atoms. The van der Waals surface area contributed by atoms with Gasteiger partial charge in [-0.05, 0) is 51.2 Å². The van der Waals surface area contributed by atoms with Crippen molar-refractivity contribution < 1.29 is 0 Å². The highest BCUT2D eigenvalue weighted by molar-refractivity contribution is 5.78. The van der Waals surface area contributed by atoms with Crippen LogP contribution in [0.3, 0.4) is 0 Å². The lowest BCUT2D eigenvalue weighted by atomic mass is 10.3. The van der Waals surface area contributed by atoms with Gasteiger partial charge in [0.25, 0.3) is 0 Å². The number of benzene rings is 1. The highest BCUT2D eigenvalue weighted by atomic mass is 15.2. The Hall–Kier alpha value is -1.59. The van der Waals surface area contributed by atoms with E-state index in [4.69, 9.17) is 5.73 Å². The van der Waals surface area contributed by atoms with Gasteiger partial charge in [-0.2, -0.15) is 0 Å². The van der Waals surface area contributed by atoms with Crippen molar-refractivity contribution in [2.24, 2.45) is 0 Å². The Balaban J connectivity index is 1.57. The second-order valence-electron chi connectivity index (χ2n) is 5.75. The normalized spacial score (nSPS) is 16.5. The largest absolute Gasteiger partial charge is 0.399 e. The second kappa shape index (κ2) is 5.81. The van der Waals surface area contributed by atoms with Crippen molar-refractivity contribution in [3.8, 4) is 0 Å². The molecule has 0 radical (unpaired) electrons. The van der Waals surface area contributed by atoms with Crippen LogP contribution in [0.15, 0.2) is 18.2 Å². The van der Waals surface area contributed by atoms with E-state index in [0.29, 0.717) is 0 Å². The van der Waals surface area contributed by atoms with Crippen molar-refractivity contribution in [2.75, 3.05) is 39.0 Å². The molecule has 3 rings (SSSR count). The fourth-order valence-corrected chi connectivity index (χ4v) is 2.81. The molecular weight excluding hydrogens is 250 g/mol. The number of nitrogens with one attached hydrogen (secondary N) is 1. The van der Waals surface area contributed by atoms with Crippen LogP contribution >= 0.6 is 0 Å². The van der Waals surface area contributed by atoms with Gasteiger partial charge in [-0.1, -0.05) is 0 Å². The van der Waals surface area contributed by atoms with Crippen LogP contribution < -0.4 is 5.73 Å². The van der Waals surface area contributed by atoms with E-state index in [1.54, 1.807) is 0 Å². The topological polar surface area (TPSA) is 61.2 Å². The molecule has 0 amide bonds. The summed E-state index contributed by atoms with van der Waals surface area (Å²) in [6, 6.07) is 5.80. The van der Waals surface area contributed by atoms with Crippen molar-refractivity contribution in [1.82, 2.24) is 19.8 Å². The van der Waals surface area contributed by atoms with Gasteiger partial charge in [-0.15, -0.1) is 0 Å². The van der Waals surface area contributed by atoms with Gasteiger partial charge in [0, 0.05) is 18.8 Å². The fourth-order valence-electron chi connectivity index (χ4n) is 2.81. The molecule has 2 heterocycles. The summed E-state index contributed by atoms with van der Waals surface area (Å²) < 4.78 is 0. The van der Waals surface area contributed by atoms with Gasteiger partial charge in [0.05, 0.1) is 17.6 Å². The molecule has 1 fully saturated rings. The number of aromatic amines is 1. The summed E-state index contributed by atoms with van der Waals surface area (Å²) in [4.78, 5) is 12.8. The van der Waals surface area contributed by atoms with Gasteiger partial charge >= 0.3 is 0 Å². The third-order valence-corrected chi connectivity index (χ3v) is 3.97. The molecule has 1 aliphatic rings. The smallest absolute Gasteiger partial charge is 0.121 e. The standard InChI is InChI=1S/C15H23N5/c1-19(8-9-20-6-2-3-7-20)11-15-17-13-5-4-12(16)10-14(13)18-15/h4-5,10H,2-3,6-9,11,16H2,1H3,(H,17,18). The number of hydrogen-bond acceptors (Lipinski definition) is 4. The second-order valence-corrected chi connectivity index (χ2v) is 5.75. The van der Waals surface area contributed by atoms with Crippen molar-refractivity contribution >= 4 is 16.7 Å². The number of H-pyrrole nitrogens is 1. The number of likely N-dealkylation sites (tertiary alicyclic amines) is 1. The molecule has 0 spiro atoms. The third kappa shape index (κ3) is 3.11. The number of anilines is 1. The monoisotopic (exact) mass is 273 g/mol. The number of hydrogen-bond donors (Lipinski definition) is 2. The molecule has 2 aromatic rings. The number of fused-ring (bicyclic) bond motifs is 1. The highest BCUT2D eigenvalue weighted by Crippen LogP contribution is 2.15. The summed E-state index contributed by atoms with van der Waals surface area (Å²) in [7, 11) is 2.15. The Kier molecular flexibility index (Phi) is 3.89. The lowest BCUT2D eigenvalue weighted by Crippen LogP contribution is -2.31. The summed E-state index contributed by atoms with van der Waals surface area (Å²) in [6.07, 6.45) is 2.71. The quantitative estimate of drug-likeness (QED) is 0.814. The minimum atomic E-state index is 0.773. The van der Waals surface area contributed by atoms with Crippen LogP contribution in [0.1, 0.15) is 18.7 Å². The Labute approximate surface area is 119 Å². The number of aromatic nitrogens is 2. The zero-order valence-electron chi connectivity index (χ0n) is 12.1. The van der Waals surface area contributed by atoms with Gasteiger partial charge < -0.3 is 15.6 Å². The maximum Gasteiger partial charge on any atom is 0.121 e. The van der Waals surface area contributed by atoms with E-state index < -0.39 is 0 Å². The molecule has 0 saturated carbocycles. The summed E-state index contributed by atoms with van der Waals surface area (Å²) in [6.45, 7) is 5.61. The molecule has 1 saturated heterocycles. The van der Waals surface area contributed by atoms with Crippen LogP contribution in [0, 0.1) is 0 Å². The molecule has 1 aromatic heterocycles. The zero-order chi connectivity index (χ0) is 13.9. The number of nitrogens with two attached hydrogens (primary N) is 1. The van der Waals surface area contributed by atoms with Gasteiger partial charge in [-0.25, -0.2) is 4.98 Å². The minimum absolute atomic E-state index is 0.773. The van der Waals surface area contributed by atoms with Crippen molar-refractivity contribution in [2.45, 2.75) is 19.4 Å². The van der Waals surface area contributed by atoms with Gasteiger partial charge in [-0.3, -0.25) is 4.90 Å². The number of likely N-dealkylation sites (N-methyl/N-ethyl adjacent to an activating group) is 1. The van der Waals surface area contributed by atoms with E-state index in [1.165, 1.54) is 25.9 Å². The number of nitrogen functional groups attached to an aromatic ring is 1. The fraction of sp³-hybridized carbons (Fsp3) is 0.533. The Morgan fingerprint density at radius 1 is 1.35 bits per heavy atom. The zero-order valence-corrected chi connectivity index (χ0v) is 12.1. The lowest BCUT2D eigenvalue weighted by molar-refractivity contribution is 0.249. The van der Waals surface area contributed by atoms with Crippen LogP contribution in [0.25, 0.3) is 11.0 Å². The van der Waals surface area contributed by atoms with E-state index in [2.05, 4.69) is 26.8 Å². The van der Waals surface area contributed by atoms with E-state index in [9.17, 15) is 0 Å². The summed E-state index contributed by atoms with van der Waals surface area (Å²) in [5, 5.41) is 0. The molecule has 1 aromatic carbocycles. The first kappa shape index (κ1) is 13.4. The summed E-state index contributed by atoms with van der Waals surface area (Å²) in [5.41, 5.74) is 8.57.